The van der Waals surface area contributed by atoms with E-state index in [0.717, 1.165) is 0 Å². The Morgan fingerprint density at radius 1 is 1.45 bits per heavy atom. The SMILES string of the molecule is Nc1cn2c(C3OC(CO)C(O)C3F)cnc2c(N)n1. The van der Waals surface area contributed by atoms with Gasteiger partial charge in [-0.05, 0) is 0 Å². The maximum Gasteiger partial charge on any atom is 0.180 e. The number of nitrogens with two attached hydrogens (primary N) is 2. The number of ether oxygens (including phenoxy) is 1. The summed E-state index contributed by atoms with van der Waals surface area (Å²) in [6, 6.07) is 0. The van der Waals surface area contributed by atoms with Gasteiger partial charge in [0.15, 0.2) is 17.6 Å². The van der Waals surface area contributed by atoms with Gasteiger partial charge < -0.3 is 26.4 Å². The summed E-state index contributed by atoms with van der Waals surface area (Å²) >= 11 is 0. The zero-order valence-electron chi connectivity index (χ0n) is 10.3. The molecule has 3 rings (SSSR count). The van der Waals surface area contributed by atoms with Gasteiger partial charge in [-0.15, -0.1) is 0 Å². The van der Waals surface area contributed by atoms with Crippen molar-refractivity contribution in [3.8, 4) is 0 Å². The maximum absolute atomic E-state index is 14.1. The van der Waals surface area contributed by atoms with E-state index in [2.05, 4.69) is 9.97 Å². The number of hydrogen-bond acceptors (Lipinski definition) is 7. The van der Waals surface area contributed by atoms with Gasteiger partial charge in [-0.25, -0.2) is 14.4 Å². The number of aromatic nitrogens is 3. The molecule has 2 aromatic heterocycles. The molecule has 0 aliphatic carbocycles. The van der Waals surface area contributed by atoms with Gasteiger partial charge in [0.25, 0.3) is 0 Å². The van der Waals surface area contributed by atoms with Crippen LogP contribution in [0.5, 0.6) is 0 Å². The van der Waals surface area contributed by atoms with Crippen LogP contribution in [-0.2, 0) is 4.74 Å². The number of aliphatic hydroxyl groups is 2. The third-order valence-corrected chi connectivity index (χ3v) is 3.35. The molecule has 0 saturated carbocycles. The molecular formula is C11H14FN5O3. The monoisotopic (exact) mass is 283 g/mol. The van der Waals surface area contributed by atoms with Crippen molar-refractivity contribution in [2.24, 2.45) is 0 Å². The van der Waals surface area contributed by atoms with Gasteiger partial charge in [0.05, 0.1) is 24.7 Å². The summed E-state index contributed by atoms with van der Waals surface area (Å²) < 4.78 is 20.9. The van der Waals surface area contributed by atoms with E-state index in [1.165, 1.54) is 16.8 Å². The number of halogens is 1. The highest BCUT2D eigenvalue weighted by atomic mass is 19.1. The fraction of sp³-hybridized carbons (Fsp3) is 0.455. The number of fused-ring (bicyclic) bond motifs is 1. The van der Waals surface area contributed by atoms with E-state index in [0.29, 0.717) is 11.3 Å². The molecule has 1 aliphatic rings. The smallest absolute Gasteiger partial charge is 0.180 e. The minimum Gasteiger partial charge on any atom is -0.394 e. The average Bonchev–Trinajstić information content (AvgIpc) is 2.93. The van der Waals surface area contributed by atoms with Crippen molar-refractivity contribution < 1.29 is 19.3 Å². The zero-order valence-corrected chi connectivity index (χ0v) is 10.3. The van der Waals surface area contributed by atoms with E-state index in [9.17, 15) is 9.50 Å². The second-order valence-electron chi connectivity index (χ2n) is 4.64. The van der Waals surface area contributed by atoms with Crippen molar-refractivity contribution in [1.29, 1.82) is 0 Å². The summed E-state index contributed by atoms with van der Waals surface area (Å²) in [5, 5.41) is 18.7. The van der Waals surface area contributed by atoms with Crippen LogP contribution < -0.4 is 11.5 Å². The Morgan fingerprint density at radius 2 is 2.20 bits per heavy atom. The Hall–Kier alpha value is -1.97. The van der Waals surface area contributed by atoms with E-state index < -0.39 is 31.1 Å². The molecule has 6 N–H and O–H groups in total. The second kappa shape index (κ2) is 4.54. The number of rotatable bonds is 2. The van der Waals surface area contributed by atoms with Crippen LogP contribution in [0.2, 0.25) is 0 Å². The molecule has 4 atom stereocenters. The summed E-state index contributed by atoms with van der Waals surface area (Å²) in [5.41, 5.74) is 12.0. The number of anilines is 2. The number of nitrogen functional groups attached to an aromatic ring is 2. The minimum atomic E-state index is -1.68. The highest BCUT2D eigenvalue weighted by Crippen LogP contribution is 2.36. The van der Waals surface area contributed by atoms with Crippen molar-refractivity contribution in [2.75, 3.05) is 18.1 Å². The molecule has 108 valence electrons. The Balaban J connectivity index is 2.07. The molecule has 9 heteroatoms. The van der Waals surface area contributed by atoms with E-state index in [-0.39, 0.29) is 11.6 Å². The fourth-order valence-electron chi connectivity index (χ4n) is 2.37. The van der Waals surface area contributed by atoms with Gasteiger partial charge in [0.2, 0.25) is 0 Å². The Kier molecular flexibility index (Phi) is 2.96. The summed E-state index contributed by atoms with van der Waals surface area (Å²) in [4.78, 5) is 7.90. The molecule has 20 heavy (non-hydrogen) atoms. The molecule has 8 nitrogen and oxygen atoms in total. The van der Waals surface area contributed by atoms with Crippen molar-refractivity contribution in [3.63, 3.8) is 0 Å². The molecule has 0 bridgehead atoms. The van der Waals surface area contributed by atoms with Gasteiger partial charge in [-0.3, -0.25) is 4.40 Å². The quantitative estimate of drug-likeness (QED) is 0.557. The van der Waals surface area contributed by atoms with Gasteiger partial charge in [-0.2, -0.15) is 0 Å². The van der Waals surface area contributed by atoms with E-state index in [1.807, 2.05) is 0 Å². The third kappa shape index (κ3) is 1.79. The standard InChI is InChI=1S/C11H14FN5O3/c12-7-8(19)5(3-18)20-9(7)4-1-15-11-10(14)16-6(13)2-17(4)11/h1-2,5,7-9,18-19H,3,13H2,(H2,14,16). The first-order valence-electron chi connectivity index (χ1n) is 6.00. The molecule has 2 aromatic rings. The summed E-state index contributed by atoms with van der Waals surface area (Å²) in [5.74, 6) is 0.269. The second-order valence-corrected chi connectivity index (χ2v) is 4.64. The van der Waals surface area contributed by atoms with Crippen molar-refractivity contribution in [3.05, 3.63) is 18.1 Å². The lowest BCUT2D eigenvalue weighted by atomic mass is 10.1. The largest absolute Gasteiger partial charge is 0.394 e. The van der Waals surface area contributed by atoms with Crippen LogP contribution in [0, 0.1) is 0 Å². The van der Waals surface area contributed by atoms with E-state index in [4.69, 9.17) is 21.3 Å². The predicted molar refractivity (Wildman–Crippen MR) is 67.4 cm³/mol. The van der Waals surface area contributed by atoms with Crippen LogP contribution in [0.1, 0.15) is 11.8 Å². The minimum absolute atomic E-state index is 0.115. The van der Waals surface area contributed by atoms with Crippen LogP contribution in [0.15, 0.2) is 12.4 Å². The Morgan fingerprint density at radius 3 is 2.85 bits per heavy atom. The highest BCUT2D eigenvalue weighted by molar-refractivity contribution is 5.62. The van der Waals surface area contributed by atoms with Crippen LogP contribution in [0.4, 0.5) is 16.0 Å². The highest BCUT2D eigenvalue weighted by Gasteiger charge is 2.45. The van der Waals surface area contributed by atoms with E-state index in [1.54, 1.807) is 0 Å². The molecule has 1 aliphatic heterocycles. The molecule has 3 heterocycles. The predicted octanol–water partition coefficient (Wildman–Crippen LogP) is -0.975. The molecular weight excluding hydrogens is 269 g/mol. The first-order chi connectivity index (χ1) is 9.52. The lowest BCUT2D eigenvalue weighted by Gasteiger charge is -2.13. The normalized spacial score (nSPS) is 30.1. The number of nitrogens with zero attached hydrogens (tertiary/aromatic N) is 3. The number of aliphatic hydroxyl groups excluding tert-OH is 2. The molecule has 0 aromatic carbocycles. The third-order valence-electron chi connectivity index (χ3n) is 3.35. The topological polar surface area (TPSA) is 132 Å². The molecule has 0 amide bonds. The molecule has 1 fully saturated rings. The van der Waals surface area contributed by atoms with Crippen molar-refractivity contribution in [1.82, 2.24) is 14.4 Å². The molecule has 1 saturated heterocycles. The lowest BCUT2D eigenvalue weighted by molar-refractivity contribution is -0.0238. The zero-order chi connectivity index (χ0) is 14.4. The van der Waals surface area contributed by atoms with Crippen molar-refractivity contribution in [2.45, 2.75) is 24.5 Å². The molecule has 0 spiro atoms. The Bertz CT molecular complexity index is 648. The fourth-order valence-corrected chi connectivity index (χ4v) is 2.37. The average molecular weight is 283 g/mol. The number of hydrogen-bond donors (Lipinski definition) is 4. The van der Waals surface area contributed by atoms with Gasteiger partial charge in [-0.1, -0.05) is 0 Å². The van der Waals surface area contributed by atoms with Gasteiger partial charge >= 0.3 is 0 Å². The number of alkyl halides is 1. The summed E-state index contributed by atoms with van der Waals surface area (Å²) in [6.07, 6.45) is -2.27. The van der Waals surface area contributed by atoms with Gasteiger partial charge in [0, 0.05) is 0 Å². The summed E-state index contributed by atoms with van der Waals surface area (Å²) in [7, 11) is 0. The van der Waals surface area contributed by atoms with Crippen molar-refractivity contribution >= 4 is 17.3 Å². The number of imidazole rings is 1. The van der Waals surface area contributed by atoms with Crippen LogP contribution >= 0.6 is 0 Å². The summed E-state index contributed by atoms with van der Waals surface area (Å²) in [6.45, 7) is -0.472. The molecule has 0 radical (unpaired) electrons. The van der Waals surface area contributed by atoms with Crippen LogP contribution in [-0.4, -0.2) is 49.6 Å². The first-order valence-corrected chi connectivity index (χ1v) is 6.00. The Labute approximate surface area is 112 Å². The lowest BCUT2D eigenvalue weighted by Crippen LogP contribution is -2.30. The maximum atomic E-state index is 14.1. The van der Waals surface area contributed by atoms with Crippen LogP contribution in [0.3, 0.4) is 0 Å². The first kappa shape index (κ1) is 13.0. The molecule has 4 unspecified atom stereocenters. The van der Waals surface area contributed by atoms with Gasteiger partial charge in [0.1, 0.15) is 24.1 Å². The van der Waals surface area contributed by atoms with Crippen LogP contribution in [0.25, 0.3) is 5.65 Å². The van der Waals surface area contributed by atoms with E-state index >= 15 is 0 Å².